The lowest BCUT2D eigenvalue weighted by Crippen LogP contribution is -2.65. The molecule has 1 aromatic carbocycles. The Labute approximate surface area is 195 Å². The van der Waals surface area contributed by atoms with Gasteiger partial charge in [-0.05, 0) is 57.8 Å². The molecule has 0 unspecified atom stereocenters. The summed E-state index contributed by atoms with van der Waals surface area (Å²) < 4.78 is 0. The number of carbonyl (C=O) groups is 3. The van der Waals surface area contributed by atoms with Crippen LogP contribution in [0.3, 0.4) is 0 Å². The van der Waals surface area contributed by atoms with E-state index >= 15 is 0 Å². The molecule has 2 aliphatic heterocycles. The number of likely N-dealkylation sites (tertiary alicyclic amines) is 2. The van der Waals surface area contributed by atoms with Crippen LogP contribution in [0.5, 0.6) is 0 Å². The molecule has 0 saturated carbocycles. The van der Waals surface area contributed by atoms with E-state index in [0.29, 0.717) is 19.5 Å². The zero-order valence-electron chi connectivity index (χ0n) is 19.9. The fourth-order valence-electron chi connectivity index (χ4n) is 5.47. The van der Waals surface area contributed by atoms with E-state index in [2.05, 4.69) is 29.1 Å². The van der Waals surface area contributed by atoms with Crippen molar-refractivity contribution in [1.82, 2.24) is 19.7 Å². The van der Waals surface area contributed by atoms with Gasteiger partial charge in [-0.25, -0.2) is 0 Å². The zero-order chi connectivity index (χ0) is 24.0. The van der Waals surface area contributed by atoms with Crippen molar-refractivity contribution in [3.05, 3.63) is 36.0 Å². The number of carbonyl (C=O) groups excluding carboxylic acids is 2. The van der Waals surface area contributed by atoms with Gasteiger partial charge in [0, 0.05) is 56.2 Å². The first-order valence-corrected chi connectivity index (χ1v) is 11.7. The van der Waals surface area contributed by atoms with Crippen LogP contribution in [0, 0.1) is 5.41 Å². The van der Waals surface area contributed by atoms with E-state index < -0.39 is 0 Å². The summed E-state index contributed by atoms with van der Waals surface area (Å²) in [4.78, 5) is 44.2. The van der Waals surface area contributed by atoms with Crippen LogP contribution in [0.1, 0.15) is 38.2 Å². The maximum atomic E-state index is 13.3. The van der Waals surface area contributed by atoms with Gasteiger partial charge in [0.25, 0.3) is 6.47 Å². The van der Waals surface area contributed by atoms with Crippen LogP contribution in [0.4, 0.5) is 0 Å². The molecule has 2 aromatic rings. The monoisotopic (exact) mass is 456 g/mol. The normalized spacial score (nSPS) is 22.8. The Morgan fingerprint density at radius 3 is 2.73 bits per heavy atom. The summed E-state index contributed by atoms with van der Waals surface area (Å²) in [5.74, 6) is 0.455. The number of rotatable bonds is 5. The molecule has 1 aromatic heterocycles. The molecule has 33 heavy (non-hydrogen) atoms. The Morgan fingerprint density at radius 1 is 1.27 bits per heavy atom. The highest BCUT2D eigenvalue weighted by atomic mass is 16.3. The Bertz CT molecular complexity index is 974. The summed E-state index contributed by atoms with van der Waals surface area (Å²) in [6.45, 7) is 4.84. The average molecular weight is 457 g/mol. The lowest BCUT2D eigenvalue weighted by molar-refractivity contribution is -0.158. The van der Waals surface area contributed by atoms with Gasteiger partial charge in [0.05, 0.1) is 5.41 Å². The minimum atomic E-state index is -0.342. The number of hydrogen-bond donors (Lipinski definition) is 2. The van der Waals surface area contributed by atoms with Crippen molar-refractivity contribution >= 4 is 29.2 Å². The number of H-pyrrole nitrogens is 1. The number of benzene rings is 1. The first kappa shape index (κ1) is 24.8. The second-order valence-electron chi connectivity index (χ2n) is 9.13. The fraction of sp³-hybridized carbons (Fsp3) is 0.560. The predicted molar refractivity (Wildman–Crippen MR) is 128 cm³/mol. The number of hydrogen-bond acceptors (Lipinski definition) is 4. The number of nitrogens with one attached hydrogen (secondary N) is 1. The van der Waals surface area contributed by atoms with Crippen molar-refractivity contribution in [3.63, 3.8) is 0 Å². The summed E-state index contributed by atoms with van der Waals surface area (Å²) in [7, 11) is 4.01. The van der Waals surface area contributed by atoms with Crippen LogP contribution in [-0.2, 0) is 20.8 Å². The number of likely N-dealkylation sites (N-methyl/N-ethyl adjacent to an activating group) is 1. The summed E-state index contributed by atoms with van der Waals surface area (Å²) in [6, 6.07) is 8.33. The molecule has 2 aliphatic rings. The smallest absolute Gasteiger partial charge is 0.290 e. The molecule has 0 radical (unpaired) electrons. The number of amides is 2. The quantitative estimate of drug-likeness (QED) is 0.674. The molecule has 180 valence electrons. The molecule has 8 nitrogen and oxygen atoms in total. The third-order valence-electron chi connectivity index (χ3n) is 7.41. The van der Waals surface area contributed by atoms with Gasteiger partial charge in [-0.15, -0.1) is 0 Å². The van der Waals surface area contributed by atoms with E-state index in [4.69, 9.17) is 9.90 Å². The number of aromatic nitrogens is 1. The van der Waals surface area contributed by atoms with Crippen molar-refractivity contribution in [2.75, 3.05) is 40.3 Å². The van der Waals surface area contributed by atoms with Crippen LogP contribution in [0.15, 0.2) is 30.5 Å². The summed E-state index contributed by atoms with van der Waals surface area (Å²) in [5.41, 5.74) is 1.97. The van der Waals surface area contributed by atoms with Crippen LogP contribution >= 0.6 is 0 Å². The second kappa shape index (κ2) is 10.8. The number of aryl methyl sites for hydroxylation is 1. The average Bonchev–Trinajstić information content (AvgIpc) is 3.25. The van der Waals surface area contributed by atoms with Crippen molar-refractivity contribution < 1.29 is 19.5 Å². The molecule has 4 rings (SSSR count). The largest absolute Gasteiger partial charge is 0.483 e. The maximum absolute atomic E-state index is 13.3. The molecule has 2 N–H and O–H groups in total. The van der Waals surface area contributed by atoms with Gasteiger partial charge >= 0.3 is 0 Å². The molecule has 2 amide bonds. The van der Waals surface area contributed by atoms with Gasteiger partial charge in [0.2, 0.25) is 11.8 Å². The number of aromatic amines is 1. The molecular weight excluding hydrogens is 420 g/mol. The van der Waals surface area contributed by atoms with Gasteiger partial charge < -0.3 is 24.8 Å². The second-order valence-corrected chi connectivity index (χ2v) is 9.13. The third kappa shape index (κ3) is 5.05. The lowest BCUT2D eigenvalue weighted by Gasteiger charge is -2.54. The summed E-state index contributed by atoms with van der Waals surface area (Å²) in [6.07, 6.45) is 6.02. The zero-order valence-corrected chi connectivity index (χ0v) is 19.9. The molecule has 0 aliphatic carbocycles. The SMILES string of the molecule is CCN(C)C(=O)[C@@]12CCCN(C)[C@H]1CN(C(=O)CCc1c[nH]c3ccccc13)CC2.O=CO. The molecule has 0 spiro atoms. The highest BCUT2D eigenvalue weighted by Gasteiger charge is 2.53. The van der Waals surface area contributed by atoms with E-state index in [1.807, 2.05) is 42.1 Å². The van der Waals surface area contributed by atoms with Gasteiger partial charge in [-0.2, -0.15) is 0 Å². The molecule has 8 heteroatoms. The Balaban J connectivity index is 0.000000968. The topological polar surface area (TPSA) is 97.0 Å². The molecule has 0 bridgehead atoms. The predicted octanol–water partition coefficient (Wildman–Crippen LogP) is 2.59. The van der Waals surface area contributed by atoms with E-state index in [-0.39, 0.29) is 29.7 Å². The van der Waals surface area contributed by atoms with E-state index in [1.165, 1.54) is 10.9 Å². The highest BCUT2D eigenvalue weighted by molar-refractivity contribution is 5.85. The Morgan fingerprint density at radius 2 is 2.00 bits per heavy atom. The molecule has 2 fully saturated rings. The summed E-state index contributed by atoms with van der Waals surface area (Å²) >= 11 is 0. The molecule has 3 heterocycles. The maximum Gasteiger partial charge on any atom is 0.290 e. The molecule has 2 saturated heterocycles. The van der Waals surface area contributed by atoms with E-state index in [9.17, 15) is 9.59 Å². The molecule has 2 atom stereocenters. The number of fused-ring (bicyclic) bond motifs is 2. The van der Waals surface area contributed by atoms with Crippen molar-refractivity contribution in [2.24, 2.45) is 5.41 Å². The van der Waals surface area contributed by atoms with Crippen molar-refractivity contribution in [3.8, 4) is 0 Å². The Kier molecular flexibility index (Phi) is 8.13. The van der Waals surface area contributed by atoms with Gasteiger partial charge in [-0.1, -0.05) is 18.2 Å². The number of piperidine rings is 2. The van der Waals surface area contributed by atoms with Gasteiger partial charge in [-0.3, -0.25) is 14.4 Å². The van der Waals surface area contributed by atoms with Crippen molar-refractivity contribution in [2.45, 2.75) is 45.1 Å². The van der Waals surface area contributed by atoms with Gasteiger partial charge in [0.1, 0.15) is 0 Å². The first-order chi connectivity index (χ1) is 15.9. The standard InChI is InChI=1S/C24H34N4O2.CH2O2/c1-4-26(2)23(30)24-12-7-14-27(3)21(24)17-28(15-13-24)22(29)11-10-18-16-25-20-9-6-5-8-19(18)20;2-1-3/h5-6,8-9,16,21,25H,4,7,10-15,17H2,1-3H3;1H,(H,2,3)/t21-,24+;/m0./s1. The minimum absolute atomic E-state index is 0.110. The highest BCUT2D eigenvalue weighted by Crippen LogP contribution is 2.43. The summed E-state index contributed by atoms with van der Waals surface area (Å²) in [5, 5.41) is 8.09. The van der Waals surface area contributed by atoms with E-state index in [0.717, 1.165) is 44.3 Å². The van der Waals surface area contributed by atoms with Crippen molar-refractivity contribution in [1.29, 1.82) is 0 Å². The first-order valence-electron chi connectivity index (χ1n) is 11.7. The van der Waals surface area contributed by atoms with Gasteiger partial charge in [0.15, 0.2) is 0 Å². The number of nitrogens with zero attached hydrogens (tertiary/aromatic N) is 3. The van der Waals surface area contributed by atoms with Crippen LogP contribution in [-0.4, -0.2) is 89.4 Å². The molecular formula is C25H36N4O4. The van der Waals surface area contributed by atoms with Crippen LogP contribution in [0.25, 0.3) is 10.9 Å². The van der Waals surface area contributed by atoms with E-state index in [1.54, 1.807) is 0 Å². The number of para-hydroxylation sites is 1. The lowest BCUT2D eigenvalue weighted by atomic mass is 9.67. The van der Waals surface area contributed by atoms with Crippen LogP contribution < -0.4 is 0 Å². The number of carboxylic acid groups (broad SMARTS) is 1. The third-order valence-corrected chi connectivity index (χ3v) is 7.41. The van der Waals surface area contributed by atoms with Crippen LogP contribution in [0.2, 0.25) is 0 Å². The minimum Gasteiger partial charge on any atom is -0.483 e. The Hall–Kier alpha value is -2.87. The fourth-order valence-corrected chi connectivity index (χ4v) is 5.47.